The molecule has 0 amide bonds. The monoisotopic (exact) mass is 1020 g/mol. The van der Waals surface area contributed by atoms with Crippen LogP contribution in [0.3, 0.4) is 0 Å². The van der Waals surface area contributed by atoms with Gasteiger partial charge in [-0.3, -0.25) is 0 Å². The second kappa shape index (κ2) is 25.3. The van der Waals surface area contributed by atoms with E-state index in [1.807, 2.05) is 27.7 Å². The summed E-state index contributed by atoms with van der Waals surface area (Å²) in [4.78, 5) is 38.8. The first-order valence-corrected chi connectivity index (χ1v) is 24.5. The summed E-state index contributed by atoms with van der Waals surface area (Å²) in [6.45, 7) is 7.39. The Bertz CT molecular complexity index is 2420. The fourth-order valence-corrected chi connectivity index (χ4v) is 6.76. The molecule has 0 bridgehead atoms. The zero-order valence-corrected chi connectivity index (χ0v) is 42.5. The van der Waals surface area contributed by atoms with Crippen LogP contribution in [-0.4, -0.2) is 105 Å². The van der Waals surface area contributed by atoms with Gasteiger partial charge in [-0.1, -0.05) is 27.7 Å². The summed E-state index contributed by atoms with van der Waals surface area (Å²) in [5.41, 5.74) is 3.48. The van der Waals surface area contributed by atoms with Gasteiger partial charge in [0.15, 0.2) is 31.2 Å². The van der Waals surface area contributed by atoms with Crippen molar-refractivity contribution >= 4 is 55.7 Å². The fraction of sp³-hybridized carbons (Fsp3) is 0.409. The van der Waals surface area contributed by atoms with Crippen LogP contribution >= 0.6 is 0 Å². The molecular formula is C44H54F2N6O12S2Zn. The minimum absolute atomic E-state index is 0. The molecular weight excluding hydrogens is 972 g/mol. The number of nitrogens with one attached hydrogen (secondary N) is 2. The Morgan fingerprint density at radius 3 is 1.21 bits per heavy atom. The minimum atomic E-state index is -3.36. The fourth-order valence-electron chi connectivity index (χ4n) is 5.97. The molecule has 0 saturated carbocycles. The average Bonchev–Trinajstić information content (AvgIpc) is 3.20. The largest absolute Gasteiger partial charge is 2.00 e. The number of sulfone groups is 2. The number of carboxylic acid groups (broad SMARTS) is 2. The molecule has 360 valence electrons. The average molecular weight is 1030 g/mol. The van der Waals surface area contributed by atoms with Crippen molar-refractivity contribution in [2.75, 3.05) is 34.9 Å². The van der Waals surface area contributed by atoms with Crippen molar-refractivity contribution in [3.63, 3.8) is 0 Å². The topological polar surface area (TPSA) is 305 Å². The molecule has 0 aliphatic heterocycles. The van der Waals surface area contributed by atoms with Crippen LogP contribution in [0.15, 0.2) is 60.7 Å². The van der Waals surface area contributed by atoms with E-state index in [2.05, 4.69) is 30.6 Å². The van der Waals surface area contributed by atoms with Crippen LogP contribution in [0.1, 0.15) is 101 Å². The number of nitrogens with zero attached hydrogens (tertiary/aromatic N) is 4. The summed E-state index contributed by atoms with van der Waals surface area (Å²) in [6.07, 6.45) is 6.00. The van der Waals surface area contributed by atoms with E-state index in [9.17, 15) is 65.8 Å². The molecule has 0 aliphatic carbocycles. The number of hydrogen-bond donors (Lipinski definition) is 6. The predicted octanol–water partition coefficient (Wildman–Crippen LogP) is 2.87. The van der Waals surface area contributed by atoms with Gasteiger partial charge in [-0.05, 0) is 110 Å². The van der Waals surface area contributed by atoms with Crippen LogP contribution in [0.5, 0.6) is 0 Å². The van der Waals surface area contributed by atoms with Crippen molar-refractivity contribution < 1.29 is 85.3 Å². The van der Waals surface area contributed by atoms with Crippen LogP contribution in [0, 0.1) is 11.6 Å². The van der Waals surface area contributed by atoms with Crippen LogP contribution in [-0.2, 0) is 48.7 Å². The molecule has 0 spiro atoms. The van der Waals surface area contributed by atoms with Gasteiger partial charge in [-0.2, -0.15) is 0 Å². The first-order valence-electron chi connectivity index (χ1n) is 20.4. The van der Waals surface area contributed by atoms with E-state index in [1.54, 1.807) is 0 Å². The molecule has 0 unspecified atom stereocenters. The molecule has 4 rings (SSSR count). The van der Waals surface area contributed by atoms with Gasteiger partial charge in [-0.15, -0.1) is 0 Å². The van der Waals surface area contributed by atoms with Crippen LogP contribution < -0.4 is 20.8 Å². The Balaban J connectivity index is 0.000000453. The molecule has 4 aromatic rings. The van der Waals surface area contributed by atoms with Gasteiger partial charge in [0, 0.05) is 59.5 Å². The molecule has 6 N–H and O–H groups in total. The minimum Gasteiger partial charge on any atom is -0.550 e. The summed E-state index contributed by atoms with van der Waals surface area (Å²) < 4.78 is 73.2. The Morgan fingerprint density at radius 2 is 0.940 bits per heavy atom. The number of carboxylic acids is 2. The molecule has 0 atom stereocenters. The maximum absolute atomic E-state index is 13.5. The van der Waals surface area contributed by atoms with E-state index in [4.69, 9.17) is 0 Å². The Kier molecular flexibility index (Phi) is 21.9. The second-order valence-electron chi connectivity index (χ2n) is 16.1. The zero-order chi connectivity index (χ0) is 49.6. The van der Waals surface area contributed by atoms with Gasteiger partial charge in [0.2, 0.25) is 11.9 Å². The number of halogens is 2. The molecule has 2 aromatic carbocycles. The summed E-state index contributed by atoms with van der Waals surface area (Å²) >= 11 is 0. The first-order chi connectivity index (χ1) is 30.5. The first kappa shape index (κ1) is 58.0. The van der Waals surface area contributed by atoms with E-state index in [1.165, 1.54) is 60.7 Å². The van der Waals surface area contributed by atoms with Crippen molar-refractivity contribution in [1.82, 2.24) is 19.9 Å². The number of aliphatic carboxylic acids is 2. The van der Waals surface area contributed by atoms with Gasteiger partial charge in [0.1, 0.15) is 23.4 Å². The molecule has 18 nitrogen and oxygen atoms in total. The third-order valence-electron chi connectivity index (χ3n) is 9.15. The maximum Gasteiger partial charge on any atom is 2.00 e. The third kappa shape index (κ3) is 20.7. The molecule has 2 aromatic heterocycles. The van der Waals surface area contributed by atoms with E-state index in [0.29, 0.717) is 45.0 Å². The molecule has 2 heterocycles. The number of aromatic nitrogens is 4. The van der Waals surface area contributed by atoms with E-state index in [0.717, 1.165) is 24.7 Å². The van der Waals surface area contributed by atoms with Crippen molar-refractivity contribution in [3.05, 3.63) is 94.8 Å². The summed E-state index contributed by atoms with van der Waals surface area (Å²) in [5, 5.41) is 67.4. The number of rotatable bonds is 22. The standard InChI is InChI=1S/2C22H28FN3O6S.Zn/c2*1-14(2)19-17(10-12-22(29,30)11-4-5-18(27)28)20(15-6-8-16(23)9-7-15)26-21(25-19)24-13-33(3,31)32;/h2*6-10,12,14,29-30H,4-5,11,13H2,1-3H3,(H,27,28)(H,24,25,26);/q;;+2/p-2. The molecule has 0 fully saturated rings. The van der Waals surface area contributed by atoms with Crippen molar-refractivity contribution in [3.8, 4) is 22.5 Å². The van der Waals surface area contributed by atoms with E-state index < -0.39 is 66.6 Å². The third-order valence-corrected chi connectivity index (χ3v) is 10.5. The van der Waals surface area contributed by atoms with Gasteiger partial charge >= 0.3 is 19.5 Å². The Labute approximate surface area is 401 Å². The maximum atomic E-state index is 13.5. The van der Waals surface area contributed by atoms with Crippen molar-refractivity contribution in [1.29, 1.82) is 0 Å². The smallest absolute Gasteiger partial charge is 0.550 e. The van der Waals surface area contributed by atoms with Gasteiger partial charge in [0.05, 0.1) is 22.8 Å². The normalized spacial score (nSPS) is 12.3. The molecule has 23 heteroatoms. The van der Waals surface area contributed by atoms with E-state index in [-0.39, 0.29) is 81.7 Å². The van der Waals surface area contributed by atoms with Crippen LogP contribution in [0.2, 0.25) is 0 Å². The number of anilines is 2. The number of hydrogen-bond acceptors (Lipinski definition) is 18. The summed E-state index contributed by atoms with van der Waals surface area (Å²) in [7, 11) is -6.72. The second-order valence-corrected chi connectivity index (χ2v) is 20.4. The van der Waals surface area contributed by atoms with Crippen LogP contribution in [0.4, 0.5) is 20.7 Å². The van der Waals surface area contributed by atoms with Gasteiger partial charge in [0.25, 0.3) is 0 Å². The predicted molar refractivity (Wildman–Crippen MR) is 240 cm³/mol. The summed E-state index contributed by atoms with van der Waals surface area (Å²) in [5.74, 6) is -9.11. The number of carbonyl (C=O) groups excluding carboxylic acids is 2. The quantitative estimate of drug-likeness (QED) is 0.0487. The Morgan fingerprint density at radius 1 is 0.627 bits per heavy atom. The van der Waals surface area contributed by atoms with Gasteiger partial charge in [-0.25, -0.2) is 45.6 Å². The van der Waals surface area contributed by atoms with Gasteiger partial charge < -0.3 is 50.9 Å². The Hall–Kier alpha value is -5.16. The number of aliphatic hydroxyl groups is 4. The van der Waals surface area contributed by atoms with Crippen LogP contribution in [0.25, 0.3) is 34.7 Å². The van der Waals surface area contributed by atoms with Crippen molar-refractivity contribution in [2.24, 2.45) is 0 Å². The molecule has 67 heavy (non-hydrogen) atoms. The molecule has 0 radical (unpaired) electrons. The summed E-state index contributed by atoms with van der Waals surface area (Å²) in [6, 6.07) is 10.9. The zero-order valence-electron chi connectivity index (χ0n) is 37.9. The molecule has 0 aliphatic rings. The number of benzene rings is 2. The SMILES string of the molecule is CC(C)c1nc(NCS(C)(=O)=O)nc(-c2ccc(F)cc2)c1C=CC(O)(O)CCCC(=O)[O-].CC(C)c1nc(NCS(C)(=O)=O)nc(-c2ccc(F)cc2)c1C=CC(O)(O)CCCC(=O)[O-].[Zn+2]. The van der Waals surface area contributed by atoms with E-state index >= 15 is 0 Å². The number of carbonyl (C=O) groups is 2. The molecule has 0 saturated heterocycles. The van der Waals surface area contributed by atoms with Crippen molar-refractivity contribution in [2.45, 2.75) is 89.6 Å².